The second-order valence-electron chi connectivity index (χ2n) is 10.4. The van der Waals surface area contributed by atoms with E-state index in [2.05, 4.69) is 51.3 Å². The number of halogens is 1. The zero-order valence-corrected chi connectivity index (χ0v) is 22.3. The molecule has 0 amide bonds. The van der Waals surface area contributed by atoms with Gasteiger partial charge < -0.3 is 11.5 Å². The number of nitrogens with zero attached hydrogens (tertiary/aromatic N) is 3. The average Bonchev–Trinajstić information content (AvgIpc) is 3.29. The fourth-order valence-corrected chi connectivity index (χ4v) is 5.31. The molecule has 5 N–H and O–H groups in total. The molecule has 2 heterocycles. The standard InChI is InChI=1S/C32H35FN6/c1-21-30(33)14-15-31(38-21)32(36)29(17-34)24-5-3-6-25-16-26(7-2-4-23(25)10-11-24)27-18-37-39(20-27)19-22-8-12-28(35)13-9-22/h3-7,10-11,14-18,20,22,28,36H,2,8-9,12-13,19,34-35H2,1H3/b6-3+,11-10-,24-5-,29-17-,36-32?/t22-,28-. The second kappa shape index (κ2) is 11.7. The van der Waals surface area contributed by atoms with Crippen molar-refractivity contribution in [3.63, 3.8) is 0 Å². The first-order valence-electron chi connectivity index (χ1n) is 13.5. The van der Waals surface area contributed by atoms with Crippen molar-refractivity contribution in [3.8, 4) is 0 Å². The van der Waals surface area contributed by atoms with E-state index in [4.69, 9.17) is 16.9 Å². The van der Waals surface area contributed by atoms with Gasteiger partial charge in [-0.25, -0.2) is 9.37 Å². The van der Waals surface area contributed by atoms with Crippen molar-refractivity contribution in [2.75, 3.05) is 0 Å². The SMILES string of the molecule is Cc1nc(C(=N)C(=C\N)/C2=C\C=C\C3=CC(c4cnn(C[C@H]5CC[C@H](N)CC5)c4)=CCC=C3/C=C\2)ccc1F. The summed E-state index contributed by atoms with van der Waals surface area (Å²) >= 11 is 0. The summed E-state index contributed by atoms with van der Waals surface area (Å²) < 4.78 is 15.8. The Bertz CT molecular complexity index is 1470. The van der Waals surface area contributed by atoms with Crippen LogP contribution in [0.25, 0.3) is 5.57 Å². The molecule has 2 aromatic heterocycles. The minimum absolute atomic E-state index is 0.146. The minimum atomic E-state index is -0.396. The molecule has 0 bridgehead atoms. The topological polar surface area (TPSA) is 107 Å². The summed E-state index contributed by atoms with van der Waals surface area (Å²) in [6, 6.07) is 3.19. The lowest BCUT2D eigenvalue weighted by molar-refractivity contribution is 0.286. The Kier molecular flexibility index (Phi) is 7.98. The lowest BCUT2D eigenvalue weighted by Crippen LogP contribution is -2.28. The molecule has 0 atom stereocenters. The maximum Gasteiger partial charge on any atom is 0.144 e. The molecule has 5 rings (SSSR count). The van der Waals surface area contributed by atoms with Gasteiger partial charge in [0.2, 0.25) is 0 Å². The summed E-state index contributed by atoms with van der Waals surface area (Å²) in [7, 11) is 0. The molecule has 7 heteroatoms. The van der Waals surface area contributed by atoms with E-state index in [1.807, 2.05) is 24.4 Å². The monoisotopic (exact) mass is 522 g/mol. The molecular weight excluding hydrogens is 487 g/mol. The molecule has 0 spiro atoms. The number of hydrogen-bond acceptors (Lipinski definition) is 5. The number of allylic oxidation sites excluding steroid dienone is 13. The van der Waals surface area contributed by atoms with Gasteiger partial charge in [0.25, 0.3) is 0 Å². The van der Waals surface area contributed by atoms with E-state index in [1.54, 1.807) is 6.92 Å². The maximum atomic E-state index is 13.7. The van der Waals surface area contributed by atoms with E-state index in [-0.39, 0.29) is 11.4 Å². The van der Waals surface area contributed by atoms with Crippen molar-refractivity contribution >= 4 is 11.3 Å². The summed E-state index contributed by atoms with van der Waals surface area (Å²) in [5.74, 6) is 0.246. The Hall–Kier alpha value is -4.10. The molecule has 0 saturated heterocycles. The number of hydrogen-bond donors (Lipinski definition) is 3. The summed E-state index contributed by atoms with van der Waals surface area (Å²) in [5.41, 5.74) is 18.6. The highest BCUT2D eigenvalue weighted by atomic mass is 19.1. The van der Waals surface area contributed by atoms with Gasteiger partial charge in [-0.3, -0.25) is 10.1 Å². The van der Waals surface area contributed by atoms with Crippen LogP contribution in [0.5, 0.6) is 0 Å². The first-order valence-corrected chi connectivity index (χ1v) is 13.5. The van der Waals surface area contributed by atoms with Gasteiger partial charge in [-0.1, -0.05) is 42.5 Å². The van der Waals surface area contributed by atoms with Gasteiger partial charge in [0.05, 0.1) is 23.3 Å². The average molecular weight is 523 g/mol. The van der Waals surface area contributed by atoms with E-state index in [0.29, 0.717) is 23.2 Å². The summed E-state index contributed by atoms with van der Waals surface area (Å²) in [6.07, 6.45) is 27.5. The van der Waals surface area contributed by atoms with E-state index in [0.717, 1.165) is 53.7 Å². The molecule has 200 valence electrons. The molecule has 3 aliphatic rings. The van der Waals surface area contributed by atoms with Crippen molar-refractivity contribution in [1.29, 1.82) is 5.41 Å². The van der Waals surface area contributed by atoms with E-state index < -0.39 is 5.82 Å². The zero-order valence-electron chi connectivity index (χ0n) is 22.3. The lowest BCUT2D eigenvalue weighted by atomic mass is 9.86. The van der Waals surface area contributed by atoms with Crippen LogP contribution in [0.3, 0.4) is 0 Å². The van der Waals surface area contributed by atoms with Crippen LogP contribution in [0.1, 0.15) is 49.1 Å². The highest BCUT2D eigenvalue weighted by Gasteiger charge is 2.20. The fourth-order valence-electron chi connectivity index (χ4n) is 5.31. The molecule has 0 unspecified atom stereocenters. The third-order valence-corrected chi connectivity index (χ3v) is 7.64. The van der Waals surface area contributed by atoms with Gasteiger partial charge in [0, 0.05) is 36.1 Å². The van der Waals surface area contributed by atoms with Gasteiger partial charge in [0.15, 0.2) is 0 Å². The highest BCUT2D eigenvalue weighted by molar-refractivity contribution is 6.12. The van der Waals surface area contributed by atoms with Crippen LogP contribution >= 0.6 is 0 Å². The van der Waals surface area contributed by atoms with Crippen molar-refractivity contribution in [3.05, 3.63) is 124 Å². The molecule has 6 nitrogen and oxygen atoms in total. The number of pyridine rings is 1. The number of aromatic nitrogens is 3. The summed E-state index contributed by atoms with van der Waals surface area (Å²) in [6.45, 7) is 2.53. The Morgan fingerprint density at radius 2 is 1.90 bits per heavy atom. The molecule has 2 aromatic rings. The molecular formula is C32H35FN6. The molecule has 1 fully saturated rings. The quantitative estimate of drug-likeness (QED) is 0.414. The predicted octanol–water partition coefficient (Wildman–Crippen LogP) is 5.85. The van der Waals surface area contributed by atoms with Crippen LogP contribution in [-0.2, 0) is 6.54 Å². The lowest BCUT2D eigenvalue weighted by Gasteiger charge is -2.25. The Labute approximate surface area is 229 Å². The summed E-state index contributed by atoms with van der Waals surface area (Å²) in [5, 5.41) is 13.3. The molecule has 39 heavy (non-hydrogen) atoms. The Morgan fingerprint density at radius 3 is 2.67 bits per heavy atom. The van der Waals surface area contributed by atoms with Crippen molar-refractivity contribution in [2.45, 2.75) is 51.6 Å². The highest BCUT2D eigenvalue weighted by Crippen LogP contribution is 2.30. The van der Waals surface area contributed by atoms with Crippen LogP contribution in [0.15, 0.2) is 102 Å². The van der Waals surface area contributed by atoms with E-state index in [9.17, 15) is 4.39 Å². The summed E-state index contributed by atoms with van der Waals surface area (Å²) in [4.78, 5) is 4.23. The van der Waals surface area contributed by atoms with E-state index in [1.165, 1.54) is 31.2 Å². The Morgan fingerprint density at radius 1 is 1.10 bits per heavy atom. The van der Waals surface area contributed by atoms with Crippen LogP contribution in [0.4, 0.5) is 4.39 Å². The zero-order chi connectivity index (χ0) is 27.4. The first-order chi connectivity index (χ1) is 18.9. The number of nitrogens with one attached hydrogen (secondary N) is 1. The van der Waals surface area contributed by atoms with Crippen molar-refractivity contribution < 1.29 is 4.39 Å². The number of rotatable bonds is 6. The maximum absolute atomic E-state index is 13.7. The van der Waals surface area contributed by atoms with Gasteiger partial charge >= 0.3 is 0 Å². The predicted molar refractivity (Wildman–Crippen MR) is 155 cm³/mol. The van der Waals surface area contributed by atoms with Gasteiger partial charge in [0.1, 0.15) is 5.82 Å². The van der Waals surface area contributed by atoms with Gasteiger partial charge in [-0.2, -0.15) is 5.10 Å². The van der Waals surface area contributed by atoms with Crippen molar-refractivity contribution in [2.24, 2.45) is 17.4 Å². The third kappa shape index (κ3) is 6.15. The first kappa shape index (κ1) is 26.5. The molecule has 0 aliphatic heterocycles. The van der Waals surface area contributed by atoms with Gasteiger partial charge in [-0.15, -0.1) is 0 Å². The van der Waals surface area contributed by atoms with Crippen LogP contribution in [0.2, 0.25) is 0 Å². The molecule has 0 radical (unpaired) electrons. The number of nitrogens with two attached hydrogens (primary N) is 2. The van der Waals surface area contributed by atoms with Crippen molar-refractivity contribution in [1.82, 2.24) is 14.8 Å². The molecule has 0 aromatic carbocycles. The number of aryl methyl sites for hydroxylation is 1. The van der Waals surface area contributed by atoms with Crippen LogP contribution in [0, 0.1) is 24.1 Å². The van der Waals surface area contributed by atoms with Crippen LogP contribution in [-0.4, -0.2) is 26.5 Å². The normalized spacial score (nSPS) is 24.5. The largest absolute Gasteiger partial charge is 0.404 e. The smallest absolute Gasteiger partial charge is 0.144 e. The molecule has 3 aliphatic carbocycles. The van der Waals surface area contributed by atoms with Gasteiger partial charge in [-0.05, 0) is 85.4 Å². The van der Waals surface area contributed by atoms with E-state index >= 15 is 0 Å². The fraction of sp³-hybridized carbons (Fsp3) is 0.281. The third-order valence-electron chi connectivity index (χ3n) is 7.64. The Balaban J connectivity index is 1.33. The minimum Gasteiger partial charge on any atom is -0.404 e. The number of fused-ring (bicyclic) bond motifs is 1. The molecule has 1 saturated carbocycles. The van der Waals surface area contributed by atoms with Crippen LogP contribution < -0.4 is 11.5 Å². The second-order valence-corrected chi connectivity index (χ2v) is 10.4.